The van der Waals surface area contributed by atoms with Gasteiger partial charge in [-0.05, 0) is 12.5 Å². The van der Waals surface area contributed by atoms with Crippen LogP contribution in [0.1, 0.15) is 25.0 Å². The van der Waals surface area contributed by atoms with Gasteiger partial charge in [-0.25, -0.2) is 14.8 Å². The van der Waals surface area contributed by atoms with Crippen molar-refractivity contribution in [2.45, 2.75) is 24.1 Å². The van der Waals surface area contributed by atoms with Gasteiger partial charge in [0.2, 0.25) is 0 Å². The van der Waals surface area contributed by atoms with Crippen LogP contribution in [0.25, 0.3) is 11.3 Å². The summed E-state index contributed by atoms with van der Waals surface area (Å²) >= 11 is 6.83. The SMILES string of the molecule is CCC1(Cl)C=CC=CC1c1cc(-c2cc(N)ncn2)cn1C(=O)NC. The lowest BCUT2D eigenvalue weighted by Crippen LogP contribution is -2.32. The summed E-state index contributed by atoms with van der Waals surface area (Å²) in [5.41, 5.74) is 7.99. The molecule has 1 aliphatic carbocycles. The van der Waals surface area contributed by atoms with Crippen LogP contribution in [0.2, 0.25) is 0 Å². The van der Waals surface area contributed by atoms with E-state index in [1.165, 1.54) is 6.33 Å². The minimum Gasteiger partial charge on any atom is -0.384 e. The smallest absolute Gasteiger partial charge is 0.325 e. The Morgan fingerprint density at radius 3 is 2.88 bits per heavy atom. The average Bonchev–Trinajstić information content (AvgIpc) is 3.06. The van der Waals surface area contributed by atoms with Crippen LogP contribution in [0.4, 0.5) is 10.6 Å². The van der Waals surface area contributed by atoms with Crippen molar-refractivity contribution < 1.29 is 4.79 Å². The zero-order chi connectivity index (χ0) is 18.0. The minimum atomic E-state index is -0.582. The van der Waals surface area contributed by atoms with Crippen molar-refractivity contribution in [3.8, 4) is 11.3 Å². The Morgan fingerprint density at radius 1 is 1.40 bits per heavy atom. The van der Waals surface area contributed by atoms with Crippen molar-refractivity contribution >= 4 is 23.4 Å². The van der Waals surface area contributed by atoms with Gasteiger partial charge >= 0.3 is 6.03 Å². The second-order valence-electron chi connectivity index (χ2n) is 5.91. The molecule has 0 fully saturated rings. The first-order chi connectivity index (χ1) is 12.0. The van der Waals surface area contributed by atoms with Gasteiger partial charge < -0.3 is 11.1 Å². The summed E-state index contributed by atoms with van der Waals surface area (Å²) in [6.07, 6.45) is 11.8. The number of nitrogen functional groups attached to an aromatic ring is 1. The molecule has 2 aromatic rings. The van der Waals surface area contributed by atoms with Gasteiger partial charge in [0.15, 0.2) is 0 Å². The van der Waals surface area contributed by atoms with Crippen LogP contribution in [-0.4, -0.2) is 32.5 Å². The third-order valence-corrected chi connectivity index (χ3v) is 5.06. The normalized spacial score (nSPS) is 22.1. The summed E-state index contributed by atoms with van der Waals surface area (Å²) in [7, 11) is 1.60. The number of aromatic nitrogens is 3. The molecule has 0 saturated heterocycles. The van der Waals surface area contributed by atoms with E-state index in [4.69, 9.17) is 17.3 Å². The lowest BCUT2D eigenvalue weighted by atomic mass is 9.83. The zero-order valence-corrected chi connectivity index (χ0v) is 14.9. The maximum absolute atomic E-state index is 12.4. The number of rotatable bonds is 3. The molecule has 1 aliphatic rings. The molecule has 0 aliphatic heterocycles. The largest absolute Gasteiger partial charge is 0.384 e. The first-order valence-electron chi connectivity index (χ1n) is 8.05. The van der Waals surface area contributed by atoms with Gasteiger partial charge in [0.1, 0.15) is 12.1 Å². The number of anilines is 1. The van der Waals surface area contributed by atoms with Crippen LogP contribution in [0.3, 0.4) is 0 Å². The molecule has 2 atom stereocenters. The van der Waals surface area contributed by atoms with E-state index in [9.17, 15) is 4.79 Å². The highest BCUT2D eigenvalue weighted by atomic mass is 35.5. The van der Waals surface area contributed by atoms with Gasteiger partial charge in [0.05, 0.1) is 10.6 Å². The summed E-state index contributed by atoms with van der Waals surface area (Å²) in [6.45, 7) is 2.03. The molecule has 0 spiro atoms. The van der Waals surface area contributed by atoms with E-state index in [0.717, 1.165) is 17.7 Å². The Hall–Kier alpha value is -2.60. The molecule has 2 heterocycles. The van der Waals surface area contributed by atoms with E-state index in [0.29, 0.717) is 11.5 Å². The first-order valence-corrected chi connectivity index (χ1v) is 8.43. The van der Waals surface area contributed by atoms with Crippen molar-refractivity contribution in [2.24, 2.45) is 0 Å². The lowest BCUT2D eigenvalue weighted by Gasteiger charge is -2.32. The van der Waals surface area contributed by atoms with Crippen LogP contribution >= 0.6 is 11.6 Å². The van der Waals surface area contributed by atoms with Crippen LogP contribution < -0.4 is 11.1 Å². The molecule has 3 rings (SSSR count). The number of carbonyl (C=O) groups excluding carboxylic acids is 1. The average molecular weight is 358 g/mol. The quantitative estimate of drug-likeness (QED) is 0.825. The maximum Gasteiger partial charge on any atom is 0.325 e. The predicted octanol–water partition coefficient (Wildman–Crippen LogP) is 3.31. The number of hydrogen-bond donors (Lipinski definition) is 2. The third-order valence-electron chi connectivity index (χ3n) is 4.43. The van der Waals surface area contributed by atoms with Crippen molar-refractivity contribution in [1.82, 2.24) is 19.9 Å². The highest BCUT2D eigenvalue weighted by Gasteiger charge is 2.36. The summed E-state index contributed by atoms with van der Waals surface area (Å²) in [4.78, 5) is 20.0. The Kier molecular flexibility index (Phi) is 4.63. The van der Waals surface area contributed by atoms with Crippen LogP contribution in [0.15, 0.2) is 49.0 Å². The van der Waals surface area contributed by atoms with E-state index < -0.39 is 4.87 Å². The Balaban J connectivity index is 2.14. The predicted molar refractivity (Wildman–Crippen MR) is 99.6 cm³/mol. The molecule has 25 heavy (non-hydrogen) atoms. The number of nitrogens with one attached hydrogen (secondary N) is 1. The van der Waals surface area contributed by atoms with Gasteiger partial charge in [-0.2, -0.15) is 0 Å². The standard InChI is InChI=1S/C18H20ClN5O/c1-3-18(19)7-5-4-6-13(18)15-8-12(10-24(15)17(25)21-2)14-9-16(20)23-11-22-14/h4-11,13H,3H2,1-2H3,(H,21,25)(H2,20,22,23). The number of nitrogens with two attached hydrogens (primary N) is 1. The number of allylic oxidation sites excluding steroid dienone is 4. The van der Waals surface area contributed by atoms with Crippen molar-refractivity contribution in [3.63, 3.8) is 0 Å². The van der Waals surface area contributed by atoms with Gasteiger partial charge in [0, 0.05) is 36.5 Å². The van der Waals surface area contributed by atoms with Crippen molar-refractivity contribution in [3.05, 3.63) is 54.7 Å². The lowest BCUT2D eigenvalue weighted by molar-refractivity contribution is 0.243. The fourth-order valence-electron chi connectivity index (χ4n) is 3.02. The van der Waals surface area contributed by atoms with Gasteiger partial charge in [-0.15, -0.1) is 11.6 Å². The van der Waals surface area contributed by atoms with E-state index in [1.807, 2.05) is 37.3 Å². The van der Waals surface area contributed by atoms with Crippen molar-refractivity contribution in [2.75, 3.05) is 12.8 Å². The number of alkyl halides is 1. The molecule has 1 amide bonds. The second-order valence-corrected chi connectivity index (χ2v) is 6.61. The second kappa shape index (κ2) is 6.72. The molecule has 0 aromatic carbocycles. The van der Waals surface area contributed by atoms with Crippen LogP contribution in [-0.2, 0) is 0 Å². The third kappa shape index (κ3) is 3.17. The molecule has 130 valence electrons. The summed E-state index contributed by atoms with van der Waals surface area (Å²) in [6, 6.07) is 3.37. The Labute approximate surface area is 151 Å². The molecule has 2 unspecified atom stereocenters. The number of halogens is 1. The van der Waals surface area contributed by atoms with Crippen LogP contribution in [0.5, 0.6) is 0 Å². The molecule has 6 nitrogen and oxygen atoms in total. The van der Waals surface area contributed by atoms with Crippen molar-refractivity contribution in [1.29, 1.82) is 0 Å². The maximum atomic E-state index is 12.4. The summed E-state index contributed by atoms with van der Waals surface area (Å²) in [5, 5.41) is 2.66. The fraction of sp³-hybridized carbons (Fsp3) is 0.278. The molecule has 0 saturated carbocycles. The van der Waals surface area contributed by atoms with E-state index in [-0.39, 0.29) is 11.9 Å². The number of amides is 1. The monoisotopic (exact) mass is 357 g/mol. The Morgan fingerprint density at radius 2 is 2.20 bits per heavy atom. The highest BCUT2D eigenvalue weighted by Crippen LogP contribution is 2.42. The molecule has 0 radical (unpaired) electrons. The molecule has 3 N–H and O–H groups in total. The molecule has 7 heteroatoms. The topological polar surface area (TPSA) is 85.8 Å². The highest BCUT2D eigenvalue weighted by molar-refractivity contribution is 6.26. The van der Waals surface area contributed by atoms with Gasteiger partial charge in [0.25, 0.3) is 0 Å². The van der Waals surface area contributed by atoms with Crippen LogP contribution in [0, 0.1) is 0 Å². The van der Waals surface area contributed by atoms with E-state index in [1.54, 1.807) is 23.9 Å². The molecular formula is C18H20ClN5O. The zero-order valence-electron chi connectivity index (χ0n) is 14.1. The first kappa shape index (κ1) is 17.2. The Bertz CT molecular complexity index is 857. The number of nitrogens with zero attached hydrogens (tertiary/aromatic N) is 3. The minimum absolute atomic E-state index is 0.144. The van der Waals surface area contributed by atoms with E-state index in [2.05, 4.69) is 15.3 Å². The summed E-state index contributed by atoms with van der Waals surface area (Å²) in [5.74, 6) is 0.231. The van der Waals surface area contributed by atoms with Gasteiger partial charge in [-0.3, -0.25) is 4.57 Å². The molecule has 0 bridgehead atoms. The molecular weight excluding hydrogens is 338 g/mol. The number of carbonyl (C=O) groups is 1. The fourth-order valence-corrected chi connectivity index (χ4v) is 3.28. The summed E-state index contributed by atoms with van der Waals surface area (Å²) < 4.78 is 1.58. The number of hydrogen-bond acceptors (Lipinski definition) is 4. The van der Waals surface area contributed by atoms with E-state index >= 15 is 0 Å². The molecule has 2 aromatic heterocycles. The van der Waals surface area contributed by atoms with Gasteiger partial charge in [-0.1, -0.05) is 31.2 Å².